The minimum Gasteiger partial charge on any atom is -0.422 e. The van der Waals surface area contributed by atoms with Gasteiger partial charge < -0.3 is 14.2 Å². The Balaban J connectivity index is 1.64. The lowest BCUT2D eigenvalue weighted by molar-refractivity contribution is -0.256. The second-order valence-electron chi connectivity index (χ2n) is 10.4. The van der Waals surface area contributed by atoms with Crippen molar-refractivity contribution in [2.75, 3.05) is 0 Å². The van der Waals surface area contributed by atoms with E-state index in [1.54, 1.807) is 13.8 Å². The van der Waals surface area contributed by atoms with Crippen LogP contribution in [0.15, 0.2) is 0 Å². The average Bonchev–Trinajstić information content (AvgIpc) is 2.73. The van der Waals surface area contributed by atoms with E-state index in [4.69, 9.17) is 14.2 Å². The summed E-state index contributed by atoms with van der Waals surface area (Å²) in [5.74, 6) is -0.441. The van der Waals surface area contributed by atoms with Gasteiger partial charge in [-0.15, -0.1) is 0 Å². The number of cyclic esters (lactones) is 2. The molecule has 5 fully saturated rings. The molecule has 0 N–H and O–H groups in total. The first-order valence-corrected chi connectivity index (χ1v) is 9.60. The molecule has 3 saturated carbocycles. The van der Waals surface area contributed by atoms with E-state index in [0.29, 0.717) is 24.2 Å². The topological polar surface area (TPSA) is 65.1 Å². The lowest BCUT2D eigenvalue weighted by Gasteiger charge is -2.41. The molecule has 5 nitrogen and oxygen atoms in total. The number of esters is 2. The molecule has 138 valence electrons. The molecule has 6 atom stereocenters. The molecule has 5 rings (SSSR count). The number of carbonyl (C=O) groups is 2. The van der Waals surface area contributed by atoms with E-state index in [1.807, 2.05) is 6.92 Å². The van der Waals surface area contributed by atoms with Gasteiger partial charge in [-0.1, -0.05) is 20.8 Å². The highest BCUT2D eigenvalue weighted by Gasteiger charge is 2.95. The number of hydrogen-bond acceptors (Lipinski definition) is 5. The Morgan fingerprint density at radius 2 is 1.60 bits per heavy atom. The number of ether oxygens (including phenoxy) is 3. The Bertz CT molecular complexity index is 689. The first-order valence-electron chi connectivity index (χ1n) is 9.60. The predicted octanol–water partition coefficient (Wildman–Crippen LogP) is 3.06. The molecule has 0 aromatic rings. The van der Waals surface area contributed by atoms with Gasteiger partial charge in [-0.3, -0.25) is 9.59 Å². The van der Waals surface area contributed by atoms with Gasteiger partial charge in [-0.25, -0.2) is 0 Å². The lowest BCUT2D eigenvalue weighted by Crippen LogP contribution is -2.59. The van der Waals surface area contributed by atoms with E-state index in [0.717, 1.165) is 0 Å². The molecule has 2 heterocycles. The molecule has 25 heavy (non-hydrogen) atoms. The third-order valence-electron chi connectivity index (χ3n) is 8.51. The van der Waals surface area contributed by atoms with Crippen molar-refractivity contribution in [2.24, 2.45) is 34.5 Å². The normalized spacial score (nSPS) is 53.0. The molecule has 2 spiro atoms. The van der Waals surface area contributed by atoms with Gasteiger partial charge >= 0.3 is 11.9 Å². The quantitative estimate of drug-likeness (QED) is 0.382. The fourth-order valence-electron chi connectivity index (χ4n) is 7.49. The van der Waals surface area contributed by atoms with Crippen molar-refractivity contribution in [2.45, 2.75) is 77.8 Å². The Morgan fingerprint density at radius 1 is 1.00 bits per heavy atom. The minimum absolute atomic E-state index is 0.165. The molecular formula is C20H28O5. The molecular weight excluding hydrogens is 320 g/mol. The summed E-state index contributed by atoms with van der Waals surface area (Å²) in [5, 5.41) is 0. The molecule has 2 saturated heterocycles. The van der Waals surface area contributed by atoms with Gasteiger partial charge in [0.05, 0.1) is 0 Å². The van der Waals surface area contributed by atoms with Crippen LogP contribution in [0.25, 0.3) is 0 Å². The zero-order chi connectivity index (χ0) is 18.2. The maximum atomic E-state index is 13.1. The number of hydrogen-bond donors (Lipinski definition) is 0. The van der Waals surface area contributed by atoms with Gasteiger partial charge in [-0.2, -0.15) is 0 Å². The molecule has 5 heteroatoms. The van der Waals surface area contributed by atoms with Crippen molar-refractivity contribution in [1.82, 2.24) is 0 Å². The average molecular weight is 348 g/mol. The summed E-state index contributed by atoms with van der Waals surface area (Å²) in [5.41, 5.74) is -2.31. The Hall–Kier alpha value is -1.10. The Kier molecular flexibility index (Phi) is 2.53. The highest BCUT2D eigenvalue weighted by atomic mass is 16.8. The van der Waals surface area contributed by atoms with Crippen LogP contribution >= 0.6 is 0 Å². The molecule has 0 aromatic heterocycles. The van der Waals surface area contributed by atoms with E-state index in [2.05, 4.69) is 20.8 Å². The fourth-order valence-corrected chi connectivity index (χ4v) is 7.49. The standard InChI is InChI=1S/C20H28O5/c1-10-11-7-8-16(2,3)13(11)20-12(10)9-19(18(20,6)25-20)14(21)23-17(4,5)24-15(19)22/h10-13H,7-9H2,1-6H3/t10-,11+,12-,13+,18+,20+/m1/s1. The predicted molar refractivity (Wildman–Crippen MR) is 88.2 cm³/mol. The maximum Gasteiger partial charge on any atom is 0.329 e. The zero-order valence-electron chi connectivity index (χ0n) is 16.0. The summed E-state index contributed by atoms with van der Waals surface area (Å²) in [6.45, 7) is 12.1. The van der Waals surface area contributed by atoms with Crippen LogP contribution < -0.4 is 0 Å². The maximum absolute atomic E-state index is 13.1. The van der Waals surface area contributed by atoms with E-state index in [9.17, 15) is 9.59 Å². The van der Waals surface area contributed by atoms with Crippen LogP contribution in [0, 0.1) is 34.5 Å². The number of rotatable bonds is 0. The highest BCUT2D eigenvalue weighted by molar-refractivity contribution is 6.05. The second kappa shape index (κ2) is 3.92. The Morgan fingerprint density at radius 3 is 2.20 bits per heavy atom. The SMILES string of the molecule is C[C@@H]1[C@@H]2CCC(C)(C)[C@H]2[C@]23O[C@@]2(C)C2(C[C@H]13)C(=O)OC(C)(C)OC2=O. The molecule has 0 amide bonds. The van der Waals surface area contributed by atoms with E-state index in [-0.39, 0.29) is 16.9 Å². The third-order valence-corrected chi connectivity index (χ3v) is 8.51. The monoisotopic (exact) mass is 348 g/mol. The number of carbonyl (C=O) groups excluding carboxylic acids is 2. The van der Waals surface area contributed by atoms with Gasteiger partial charge in [0.25, 0.3) is 5.79 Å². The van der Waals surface area contributed by atoms with Gasteiger partial charge in [0.15, 0.2) is 5.41 Å². The first-order chi connectivity index (χ1) is 11.4. The van der Waals surface area contributed by atoms with Crippen LogP contribution in [0.2, 0.25) is 0 Å². The fraction of sp³-hybridized carbons (Fsp3) is 0.900. The second-order valence-corrected chi connectivity index (χ2v) is 10.4. The van der Waals surface area contributed by atoms with E-state index < -0.39 is 28.7 Å². The van der Waals surface area contributed by atoms with Crippen molar-refractivity contribution >= 4 is 11.9 Å². The van der Waals surface area contributed by atoms with E-state index >= 15 is 0 Å². The van der Waals surface area contributed by atoms with Crippen molar-refractivity contribution < 1.29 is 23.8 Å². The van der Waals surface area contributed by atoms with Crippen LogP contribution in [0.3, 0.4) is 0 Å². The molecule has 3 aliphatic carbocycles. The molecule has 0 unspecified atom stereocenters. The highest BCUT2D eigenvalue weighted by Crippen LogP contribution is 2.83. The summed E-state index contributed by atoms with van der Waals surface area (Å²) in [4.78, 5) is 26.1. The van der Waals surface area contributed by atoms with Gasteiger partial charge in [0, 0.05) is 13.8 Å². The third kappa shape index (κ3) is 1.42. The van der Waals surface area contributed by atoms with Gasteiger partial charge in [0.2, 0.25) is 0 Å². The van der Waals surface area contributed by atoms with E-state index in [1.165, 1.54) is 12.8 Å². The van der Waals surface area contributed by atoms with Crippen molar-refractivity contribution in [1.29, 1.82) is 0 Å². The largest absolute Gasteiger partial charge is 0.422 e. The van der Waals surface area contributed by atoms with Crippen molar-refractivity contribution in [3.8, 4) is 0 Å². The Labute approximate surface area is 148 Å². The van der Waals surface area contributed by atoms with Crippen LogP contribution in [-0.4, -0.2) is 28.9 Å². The minimum atomic E-state index is -1.30. The lowest BCUT2D eigenvalue weighted by atomic mass is 9.67. The first kappa shape index (κ1) is 16.1. The van der Waals surface area contributed by atoms with Crippen LogP contribution in [0.1, 0.15) is 60.8 Å². The zero-order valence-corrected chi connectivity index (χ0v) is 16.0. The van der Waals surface area contributed by atoms with Crippen molar-refractivity contribution in [3.05, 3.63) is 0 Å². The van der Waals surface area contributed by atoms with Crippen LogP contribution in [0.5, 0.6) is 0 Å². The number of epoxide rings is 1. The van der Waals surface area contributed by atoms with Crippen molar-refractivity contribution in [3.63, 3.8) is 0 Å². The molecule has 2 aliphatic heterocycles. The van der Waals surface area contributed by atoms with Crippen LogP contribution in [0.4, 0.5) is 0 Å². The smallest absolute Gasteiger partial charge is 0.329 e. The summed E-state index contributed by atoms with van der Waals surface area (Å²) >= 11 is 0. The summed E-state index contributed by atoms with van der Waals surface area (Å²) in [7, 11) is 0. The summed E-state index contributed by atoms with van der Waals surface area (Å²) in [6, 6.07) is 0. The molecule has 5 aliphatic rings. The molecule has 0 aromatic carbocycles. The molecule has 0 bridgehead atoms. The number of fused-ring (bicyclic) bond motifs is 2. The summed E-state index contributed by atoms with van der Waals surface area (Å²) in [6.07, 6.45) is 2.89. The van der Waals surface area contributed by atoms with Gasteiger partial charge in [-0.05, 0) is 55.3 Å². The summed E-state index contributed by atoms with van der Waals surface area (Å²) < 4.78 is 17.6. The van der Waals surface area contributed by atoms with Gasteiger partial charge in [0.1, 0.15) is 11.2 Å². The molecule has 0 radical (unpaired) electrons. The van der Waals surface area contributed by atoms with Crippen LogP contribution in [-0.2, 0) is 23.8 Å².